The summed E-state index contributed by atoms with van der Waals surface area (Å²) in [5.41, 5.74) is 0. The molecule has 0 aromatic rings. The van der Waals surface area contributed by atoms with Gasteiger partial charge in [-0.05, 0) is 45.3 Å². The first kappa shape index (κ1) is 11.9. The molecule has 2 rings (SSSR count). The number of nitrogens with zero attached hydrogens (tertiary/aromatic N) is 2. The van der Waals surface area contributed by atoms with Gasteiger partial charge in [-0.3, -0.25) is 9.69 Å². The summed E-state index contributed by atoms with van der Waals surface area (Å²) in [6.45, 7) is 3.31. The van der Waals surface area contributed by atoms with Crippen LogP contribution >= 0.6 is 0 Å². The van der Waals surface area contributed by atoms with E-state index in [-0.39, 0.29) is 11.9 Å². The van der Waals surface area contributed by atoms with E-state index in [1.165, 1.54) is 19.3 Å². The lowest BCUT2D eigenvalue weighted by molar-refractivity contribution is -0.134. The normalized spacial score (nSPS) is 28.2. The molecule has 1 atom stereocenters. The highest BCUT2D eigenvalue weighted by Crippen LogP contribution is 2.25. The fourth-order valence-electron chi connectivity index (χ4n) is 2.93. The van der Waals surface area contributed by atoms with Gasteiger partial charge in [0.15, 0.2) is 0 Å². The second-order valence-corrected chi connectivity index (χ2v) is 5.11. The van der Waals surface area contributed by atoms with E-state index in [1.54, 1.807) is 4.90 Å². The topological polar surface area (TPSA) is 35.6 Å². The van der Waals surface area contributed by atoms with E-state index < -0.39 is 0 Å². The van der Waals surface area contributed by atoms with Gasteiger partial charge < -0.3 is 10.2 Å². The van der Waals surface area contributed by atoms with Crippen molar-refractivity contribution in [2.24, 2.45) is 0 Å². The fraction of sp³-hybridized carbons (Fsp3) is 0.917. The Kier molecular flexibility index (Phi) is 3.82. The van der Waals surface area contributed by atoms with E-state index in [0.717, 1.165) is 26.1 Å². The fourth-order valence-corrected chi connectivity index (χ4v) is 2.93. The molecule has 0 spiro atoms. The van der Waals surface area contributed by atoms with Gasteiger partial charge in [0.05, 0.1) is 6.04 Å². The van der Waals surface area contributed by atoms with Gasteiger partial charge in [-0.25, -0.2) is 0 Å². The van der Waals surface area contributed by atoms with Crippen molar-refractivity contribution < 1.29 is 4.79 Å². The Balaban J connectivity index is 1.99. The van der Waals surface area contributed by atoms with Gasteiger partial charge in [-0.2, -0.15) is 0 Å². The number of carbonyl (C=O) groups excluding carboxylic acids is 1. The standard InChI is InChI=1S/C12H23N3O/c1-14(2)12(16)11-4-3-9-15(11)10-5-7-13-8-6-10/h10-11,13H,3-9H2,1-2H3. The molecule has 16 heavy (non-hydrogen) atoms. The predicted octanol–water partition coefficient (Wildman–Crippen LogP) is 0.291. The van der Waals surface area contributed by atoms with Crippen LogP contribution in [0, 0.1) is 0 Å². The van der Waals surface area contributed by atoms with Crippen molar-refractivity contribution in [2.75, 3.05) is 33.7 Å². The zero-order valence-electron chi connectivity index (χ0n) is 10.4. The molecule has 0 aliphatic carbocycles. The summed E-state index contributed by atoms with van der Waals surface area (Å²) < 4.78 is 0. The summed E-state index contributed by atoms with van der Waals surface area (Å²) in [4.78, 5) is 16.3. The van der Waals surface area contributed by atoms with E-state index in [9.17, 15) is 4.79 Å². The summed E-state index contributed by atoms with van der Waals surface area (Å²) >= 11 is 0. The first-order valence-electron chi connectivity index (χ1n) is 6.38. The molecule has 0 radical (unpaired) electrons. The highest BCUT2D eigenvalue weighted by Gasteiger charge is 2.36. The van der Waals surface area contributed by atoms with Crippen molar-refractivity contribution in [2.45, 2.75) is 37.8 Å². The second kappa shape index (κ2) is 5.15. The Morgan fingerprint density at radius 3 is 2.56 bits per heavy atom. The van der Waals surface area contributed by atoms with Crippen LogP contribution in [0.4, 0.5) is 0 Å². The third kappa shape index (κ3) is 2.38. The van der Waals surface area contributed by atoms with Crippen LogP contribution in [0.5, 0.6) is 0 Å². The Bertz CT molecular complexity index is 249. The number of nitrogens with one attached hydrogen (secondary N) is 1. The van der Waals surface area contributed by atoms with E-state index in [0.29, 0.717) is 6.04 Å². The number of hydrogen-bond donors (Lipinski definition) is 1. The van der Waals surface area contributed by atoms with Crippen molar-refractivity contribution in [1.82, 2.24) is 15.1 Å². The zero-order valence-corrected chi connectivity index (χ0v) is 10.4. The minimum absolute atomic E-state index is 0.151. The maximum Gasteiger partial charge on any atom is 0.239 e. The molecule has 0 aromatic heterocycles. The summed E-state index contributed by atoms with van der Waals surface area (Å²) in [5, 5.41) is 3.38. The molecule has 0 bridgehead atoms. The average molecular weight is 225 g/mol. The minimum Gasteiger partial charge on any atom is -0.347 e. The minimum atomic E-state index is 0.151. The number of carbonyl (C=O) groups is 1. The molecule has 2 aliphatic rings. The van der Waals surface area contributed by atoms with Gasteiger partial charge >= 0.3 is 0 Å². The number of hydrogen-bond acceptors (Lipinski definition) is 3. The average Bonchev–Trinajstić information content (AvgIpc) is 2.77. The van der Waals surface area contributed by atoms with Gasteiger partial charge in [0, 0.05) is 20.1 Å². The molecule has 4 heteroatoms. The van der Waals surface area contributed by atoms with Gasteiger partial charge in [-0.1, -0.05) is 0 Å². The number of amides is 1. The van der Waals surface area contributed by atoms with Crippen LogP contribution in [0.3, 0.4) is 0 Å². The SMILES string of the molecule is CN(C)C(=O)C1CCCN1C1CCNCC1. The first-order valence-corrected chi connectivity index (χ1v) is 6.38. The molecular weight excluding hydrogens is 202 g/mol. The molecule has 1 N–H and O–H groups in total. The highest BCUT2D eigenvalue weighted by atomic mass is 16.2. The van der Waals surface area contributed by atoms with Crippen LogP contribution in [-0.2, 0) is 4.79 Å². The maximum atomic E-state index is 12.1. The summed E-state index contributed by atoms with van der Waals surface area (Å²) in [5.74, 6) is 0.288. The molecule has 0 saturated carbocycles. The van der Waals surface area contributed by atoms with Crippen LogP contribution < -0.4 is 5.32 Å². The molecule has 0 aromatic carbocycles. The van der Waals surface area contributed by atoms with Crippen LogP contribution in [-0.4, -0.2) is 61.5 Å². The molecular formula is C12H23N3O. The summed E-state index contributed by atoms with van der Waals surface area (Å²) in [6, 6.07) is 0.774. The van der Waals surface area contributed by atoms with Crippen LogP contribution in [0.25, 0.3) is 0 Å². The molecule has 4 nitrogen and oxygen atoms in total. The van der Waals surface area contributed by atoms with Crippen LogP contribution in [0.2, 0.25) is 0 Å². The molecule has 1 amide bonds. The van der Waals surface area contributed by atoms with Crippen LogP contribution in [0.1, 0.15) is 25.7 Å². The molecule has 2 aliphatic heterocycles. The van der Waals surface area contributed by atoms with Gasteiger partial charge in [0.1, 0.15) is 0 Å². The van der Waals surface area contributed by atoms with Crippen molar-refractivity contribution in [3.63, 3.8) is 0 Å². The Hall–Kier alpha value is -0.610. The lowest BCUT2D eigenvalue weighted by Crippen LogP contribution is -2.50. The number of likely N-dealkylation sites (tertiary alicyclic amines) is 1. The largest absolute Gasteiger partial charge is 0.347 e. The molecule has 2 saturated heterocycles. The number of likely N-dealkylation sites (N-methyl/N-ethyl adjacent to an activating group) is 1. The monoisotopic (exact) mass is 225 g/mol. The Morgan fingerprint density at radius 2 is 1.94 bits per heavy atom. The summed E-state index contributed by atoms with van der Waals surface area (Å²) in [6.07, 6.45) is 4.60. The number of rotatable bonds is 2. The van der Waals surface area contributed by atoms with Crippen molar-refractivity contribution >= 4 is 5.91 Å². The van der Waals surface area contributed by atoms with E-state index >= 15 is 0 Å². The quantitative estimate of drug-likeness (QED) is 0.734. The third-order valence-electron chi connectivity index (χ3n) is 3.80. The molecule has 2 fully saturated rings. The molecule has 92 valence electrons. The maximum absolute atomic E-state index is 12.1. The summed E-state index contributed by atoms with van der Waals surface area (Å²) in [7, 11) is 3.72. The Labute approximate surface area is 98.0 Å². The van der Waals surface area contributed by atoms with Crippen molar-refractivity contribution in [1.29, 1.82) is 0 Å². The van der Waals surface area contributed by atoms with Gasteiger partial charge in [-0.15, -0.1) is 0 Å². The van der Waals surface area contributed by atoms with Crippen LogP contribution in [0.15, 0.2) is 0 Å². The van der Waals surface area contributed by atoms with E-state index in [1.807, 2.05) is 14.1 Å². The lowest BCUT2D eigenvalue weighted by Gasteiger charge is -2.35. The zero-order chi connectivity index (χ0) is 11.5. The third-order valence-corrected chi connectivity index (χ3v) is 3.80. The van der Waals surface area contributed by atoms with E-state index in [2.05, 4.69) is 10.2 Å². The molecule has 2 heterocycles. The Morgan fingerprint density at radius 1 is 1.25 bits per heavy atom. The van der Waals surface area contributed by atoms with E-state index in [4.69, 9.17) is 0 Å². The van der Waals surface area contributed by atoms with Crippen molar-refractivity contribution in [3.05, 3.63) is 0 Å². The van der Waals surface area contributed by atoms with Gasteiger partial charge in [0.2, 0.25) is 5.91 Å². The van der Waals surface area contributed by atoms with Gasteiger partial charge in [0.25, 0.3) is 0 Å². The number of piperidine rings is 1. The smallest absolute Gasteiger partial charge is 0.239 e. The second-order valence-electron chi connectivity index (χ2n) is 5.11. The van der Waals surface area contributed by atoms with Crippen molar-refractivity contribution in [3.8, 4) is 0 Å². The first-order chi connectivity index (χ1) is 7.70. The lowest BCUT2D eigenvalue weighted by atomic mass is 10.0. The predicted molar refractivity (Wildman–Crippen MR) is 64.3 cm³/mol. The highest BCUT2D eigenvalue weighted by molar-refractivity contribution is 5.81. The molecule has 1 unspecified atom stereocenters.